The van der Waals surface area contributed by atoms with Gasteiger partial charge in [0.2, 0.25) is 0 Å². The number of rotatable bonds is 6. The fourth-order valence-corrected chi connectivity index (χ4v) is 0.792. The maximum atomic E-state index is 5.30. The Bertz CT molecular complexity index is 95.6. The van der Waals surface area contributed by atoms with Crippen LogP contribution in [0.4, 0.5) is 0 Å². The van der Waals surface area contributed by atoms with Gasteiger partial charge in [-0.05, 0) is 26.2 Å². The van der Waals surface area contributed by atoms with Crippen LogP contribution in [-0.4, -0.2) is 18.2 Å². The van der Waals surface area contributed by atoms with Crippen molar-refractivity contribution in [2.75, 3.05) is 13.2 Å². The fraction of sp³-hybridized carbons (Fsp3) is 0.857. The molecule has 0 aromatic rings. The van der Waals surface area contributed by atoms with E-state index in [1.54, 1.807) is 0 Å². The van der Waals surface area contributed by atoms with Crippen molar-refractivity contribution < 1.29 is 4.74 Å². The molecular formula is C7H15NOS. The highest BCUT2D eigenvalue weighted by Gasteiger charge is 1.89. The first kappa shape index (κ1) is 9.85. The maximum absolute atomic E-state index is 5.30. The Kier molecular flexibility index (Phi) is 6.86. The Hall–Kier alpha value is -0.150. The average Bonchev–Trinajstić information content (AvgIpc) is 1.87. The highest BCUT2D eigenvalue weighted by atomic mass is 32.1. The van der Waals surface area contributed by atoms with Gasteiger partial charge in [0.25, 0.3) is 0 Å². The lowest BCUT2D eigenvalue weighted by Gasteiger charge is -1.99. The highest BCUT2D eigenvalue weighted by Crippen LogP contribution is 1.95. The molecule has 3 heteroatoms. The summed E-state index contributed by atoms with van der Waals surface area (Å²) >= 11 is 4.71. The molecule has 0 unspecified atom stereocenters. The van der Waals surface area contributed by atoms with Gasteiger partial charge >= 0.3 is 0 Å². The van der Waals surface area contributed by atoms with Gasteiger partial charge in [-0.1, -0.05) is 12.2 Å². The second kappa shape index (κ2) is 6.96. The monoisotopic (exact) mass is 161 g/mol. The molecule has 2 N–H and O–H groups in total. The summed E-state index contributed by atoms with van der Waals surface area (Å²) in [4.78, 5) is 0.608. The summed E-state index contributed by atoms with van der Waals surface area (Å²) in [7, 11) is 0. The minimum absolute atomic E-state index is 0.608. The van der Waals surface area contributed by atoms with Crippen molar-refractivity contribution >= 4 is 17.2 Å². The summed E-state index contributed by atoms with van der Waals surface area (Å²) in [6, 6.07) is 0. The third-order valence-electron chi connectivity index (χ3n) is 1.17. The Labute approximate surface area is 67.7 Å². The van der Waals surface area contributed by atoms with Gasteiger partial charge in [-0.25, -0.2) is 0 Å². The summed E-state index contributed by atoms with van der Waals surface area (Å²) < 4.78 is 5.13. The van der Waals surface area contributed by atoms with Gasteiger partial charge in [0.05, 0.1) is 4.99 Å². The van der Waals surface area contributed by atoms with Crippen LogP contribution in [0.15, 0.2) is 0 Å². The molecular weight excluding hydrogens is 146 g/mol. The predicted molar refractivity (Wildman–Crippen MR) is 47.1 cm³/mol. The Balaban J connectivity index is 2.84. The molecule has 0 aromatic heterocycles. The lowest BCUT2D eigenvalue weighted by molar-refractivity contribution is 0.144. The van der Waals surface area contributed by atoms with Crippen molar-refractivity contribution in [2.45, 2.75) is 26.2 Å². The molecule has 0 bridgehead atoms. The third-order valence-corrected chi connectivity index (χ3v) is 1.37. The van der Waals surface area contributed by atoms with E-state index in [0.717, 1.165) is 32.5 Å². The second-order valence-electron chi connectivity index (χ2n) is 2.12. The SMILES string of the molecule is CCOCCCCC(N)=S. The molecule has 0 spiro atoms. The minimum atomic E-state index is 0.608. The van der Waals surface area contributed by atoms with Crippen molar-refractivity contribution in [2.24, 2.45) is 5.73 Å². The van der Waals surface area contributed by atoms with Gasteiger partial charge in [-0.2, -0.15) is 0 Å². The maximum Gasteiger partial charge on any atom is 0.0727 e. The number of thiocarbonyl (C=S) groups is 1. The first-order valence-electron chi connectivity index (χ1n) is 3.63. The Morgan fingerprint density at radius 2 is 2.20 bits per heavy atom. The van der Waals surface area contributed by atoms with Crippen molar-refractivity contribution in [1.82, 2.24) is 0 Å². The van der Waals surface area contributed by atoms with E-state index < -0.39 is 0 Å². The van der Waals surface area contributed by atoms with Gasteiger partial charge in [0.1, 0.15) is 0 Å². The molecule has 0 amide bonds. The van der Waals surface area contributed by atoms with Crippen LogP contribution in [0.1, 0.15) is 26.2 Å². The molecule has 0 atom stereocenters. The molecule has 10 heavy (non-hydrogen) atoms. The summed E-state index contributed by atoms with van der Waals surface area (Å²) in [6.45, 7) is 3.62. The largest absolute Gasteiger partial charge is 0.393 e. The molecule has 0 saturated heterocycles. The van der Waals surface area contributed by atoms with Gasteiger partial charge in [0, 0.05) is 13.2 Å². The van der Waals surface area contributed by atoms with E-state index in [2.05, 4.69) is 0 Å². The molecule has 0 radical (unpaired) electrons. The minimum Gasteiger partial charge on any atom is -0.393 e. The van der Waals surface area contributed by atoms with E-state index in [4.69, 9.17) is 22.7 Å². The standard InChI is InChI=1S/C7H15NOS/c1-2-9-6-4-3-5-7(8)10/h2-6H2,1H3,(H2,8,10). The molecule has 0 aliphatic carbocycles. The molecule has 0 aromatic carbocycles. The number of unbranched alkanes of at least 4 members (excludes halogenated alkanes) is 1. The van der Waals surface area contributed by atoms with Crippen molar-refractivity contribution in [3.63, 3.8) is 0 Å². The highest BCUT2D eigenvalue weighted by molar-refractivity contribution is 7.80. The zero-order chi connectivity index (χ0) is 7.82. The van der Waals surface area contributed by atoms with Crippen LogP contribution in [0.2, 0.25) is 0 Å². The Morgan fingerprint density at radius 1 is 1.50 bits per heavy atom. The quantitative estimate of drug-likeness (QED) is 0.473. The lowest BCUT2D eigenvalue weighted by atomic mass is 10.2. The summed E-state index contributed by atoms with van der Waals surface area (Å²) in [5.74, 6) is 0. The van der Waals surface area contributed by atoms with Gasteiger partial charge < -0.3 is 10.5 Å². The van der Waals surface area contributed by atoms with Crippen LogP contribution in [0.3, 0.4) is 0 Å². The first-order valence-corrected chi connectivity index (χ1v) is 4.04. The summed E-state index contributed by atoms with van der Waals surface area (Å²) in [6.07, 6.45) is 2.96. The van der Waals surface area contributed by atoms with Gasteiger partial charge in [-0.3, -0.25) is 0 Å². The van der Waals surface area contributed by atoms with Crippen LogP contribution in [0, 0.1) is 0 Å². The average molecular weight is 161 g/mol. The number of hydrogen-bond donors (Lipinski definition) is 1. The topological polar surface area (TPSA) is 35.2 Å². The van der Waals surface area contributed by atoms with Gasteiger partial charge in [0.15, 0.2) is 0 Å². The lowest BCUT2D eigenvalue weighted by Crippen LogP contribution is -2.07. The van der Waals surface area contributed by atoms with Crippen molar-refractivity contribution in [3.8, 4) is 0 Å². The van der Waals surface area contributed by atoms with E-state index in [9.17, 15) is 0 Å². The van der Waals surface area contributed by atoms with E-state index in [0.29, 0.717) is 4.99 Å². The Morgan fingerprint density at radius 3 is 2.70 bits per heavy atom. The molecule has 0 saturated carbocycles. The van der Waals surface area contributed by atoms with E-state index in [-0.39, 0.29) is 0 Å². The van der Waals surface area contributed by atoms with Gasteiger partial charge in [-0.15, -0.1) is 0 Å². The van der Waals surface area contributed by atoms with Crippen LogP contribution in [0.5, 0.6) is 0 Å². The second-order valence-corrected chi connectivity index (χ2v) is 2.64. The normalized spacial score (nSPS) is 9.70. The molecule has 2 nitrogen and oxygen atoms in total. The third kappa shape index (κ3) is 7.85. The number of nitrogens with two attached hydrogens (primary N) is 1. The molecule has 0 aliphatic rings. The summed E-state index contributed by atoms with van der Waals surface area (Å²) in [5, 5.41) is 0. The van der Waals surface area contributed by atoms with Crippen molar-refractivity contribution in [3.05, 3.63) is 0 Å². The van der Waals surface area contributed by atoms with Crippen molar-refractivity contribution in [1.29, 1.82) is 0 Å². The number of ether oxygens (including phenoxy) is 1. The van der Waals surface area contributed by atoms with Crippen LogP contribution in [-0.2, 0) is 4.74 Å². The molecule has 60 valence electrons. The molecule has 0 heterocycles. The molecule has 0 aliphatic heterocycles. The van der Waals surface area contributed by atoms with E-state index in [1.165, 1.54) is 0 Å². The molecule has 0 rings (SSSR count). The molecule has 0 fully saturated rings. The summed E-state index contributed by atoms with van der Waals surface area (Å²) in [5.41, 5.74) is 5.30. The van der Waals surface area contributed by atoms with Crippen LogP contribution in [0.25, 0.3) is 0 Å². The number of hydrogen-bond acceptors (Lipinski definition) is 2. The predicted octanol–water partition coefficient (Wildman–Crippen LogP) is 1.48. The van der Waals surface area contributed by atoms with E-state index in [1.807, 2.05) is 6.92 Å². The van der Waals surface area contributed by atoms with Crippen LogP contribution >= 0.6 is 12.2 Å². The smallest absolute Gasteiger partial charge is 0.0727 e. The van der Waals surface area contributed by atoms with Crippen LogP contribution < -0.4 is 5.73 Å². The first-order chi connectivity index (χ1) is 4.77. The van der Waals surface area contributed by atoms with E-state index >= 15 is 0 Å². The zero-order valence-electron chi connectivity index (χ0n) is 6.43. The fourth-order valence-electron chi connectivity index (χ4n) is 0.648. The zero-order valence-corrected chi connectivity index (χ0v) is 7.25.